The molecule has 0 fully saturated rings. The van der Waals surface area contributed by atoms with Gasteiger partial charge in [-0.05, 0) is 19.3 Å². The summed E-state index contributed by atoms with van der Waals surface area (Å²) in [4.78, 5) is 38.4. The predicted octanol–water partition coefficient (Wildman–Crippen LogP) is 25.8. The molecule has 0 radical (unpaired) electrons. The van der Waals surface area contributed by atoms with Gasteiger partial charge in [-0.3, -0.25) is 14.4 Å². The third-order valence-corrected chi connectivity index (χ3v) is 17.6. The Kier molecular flexibility index (Phi) is 69.5. The second-order valence-corrected chi connectivity index (χ2v) is 25.9. The summed E-state index contributed by atoms with van der Waals surface area (Å²) in [7, 11) is 0. The van der Waals surface area contributed by atoms with Gasteiger partial charge in [-0.25, -0.2) is 0 Å². The lowest BCUT2D eigenvalue weighted by molar-refractivity contribution is -0.167. The Labute approximate surface area is 508 Å². The van der Waals surface area contributed by atoms with Crippen molar-refractivity contribution in [3.8, 4) is 0 Å². The van der Waals surface area contributed by atoms with Gasteiger partial charge in [0.15, 0.2) is 6.10 Å². The lowest BCUT2D eigenvalue weighted by Gasteiger charge is -2.18. The second-order valence-electron chi connectivity index (χ2n) is 25.9. The normalized spacial score (nSPS) is 11.9. The van der Waals surface area contributed by atoms with Crippen molar-refractivity contribution in [3.05, 3.63) is 0 Å². The molecule has 482 valence electrons. The number of unbranched alkanes of at least 4 members (excludes halogenated alkanes) is 60. The van der Waals surface area contributed by atoms with Gasteiger partial charge >= 0.3 is 17.9 Å². The maximum Gasteiger partial charge on any atom is 0.306 e. The van der Waals surface area contributed by atoms with E-state index in [0.717, 1.165) is 57.8 Å². The zero-order chi connectivity index (χ0) is 58.5. The van der Waals surface area contributed by atoms with Crippen molar-refractivity contribution in [2.75, 3.05) is 13.2 Å². The van der Waals surface area contributed by atoms with Gasteiger partial charge in [0.05, 0.1) is 0 Å². The molecule has 0 spiro atoms. The molecule has 1 unspecified atom stereocenters. The Hall–Kier alpha value is -1.59. The van der Waals surface area contributed by atoms with Crippen molar-refractivity contribution in [1.82, 2.24) is 0 Å². The van der Waals surface area contributed by atoms with E-state index in [1.165, 1.54) is 347 Å². The SMILES string of the molecule is CCCCCCCCCCCCCCCCCCCCCCCCCCCCCCCCCC(=O)OCC(COC(=O)CCCCCCCCCCCCCCCC)OC(=O)CCCCCCCCCCCCCCCCCCCC. The number of carbonyl (C=O) groups excluding carboxylic acids is 3. The summed E-state index contributed by atoms with van der Waals surface area (Å²) in [5.41, 5.74) is 0. The fourth-order valence-corrected chi connectivity index (χ4v) is 12.0. The van der Waals surface area contributed by atoms with Crippen LogP contribution >= 0.6 is 0 Å². The molecule has 0 rings (SSSR count). The first kappa shape index (κ1) is 79.4. The first-order chi connectivity index (χ1) is 40.0. The molecule has 0 aromatic rings. The van der Waals surface area contributed by atoms with Crippen LogP contribution in [0, 0.1) is 0 Å². The summed E-state index contributed by atoms with van der Waals surface area (Å²) < 4.78 is 17.0. The minimum absolute atomic E-state index is 0.0601. The first-order valence-corrected chi connectivity index (χ1v) is 37.5. The average Bonchev–Trinajstić information content (AvgIpc) is 3.47. The predicted molar refractivity (Wildman–Crippen MR) is 354 cm³/mol. The van der Waals surface area contributed by atoms with Crippen LogP contribution in [0.3, 0.4) is 0 Å². The van der Waals surface area contributed by atoms with Gasteiger partial charge in [0.2, 0.25) is 0 Å². The summed E-state index contributed by atoms with van der Waals surface area (Å²) in [6.07, 6.45) is 84.4. The van der Waals surface area contributed by atoms with Gasteiger partial charge < -0.3 is 14.2 Å². The molecule has 6 heteroatoms. The van der Waals surface area contributed by atoms with Gasteiger partial charge in [0.1, 0.15) is 13.2 Å². The molecule has 0 aromatic carbocycles. The molecule has 0 saturated carbocycles. The molecule has 6 nitrogen and oxygen atoms in total. The number of rotatable bonds is 71. The monoisotopic (exact) mass is 1140 g/mol. The summed E-state index contributed by atoms with van der Waals surface area (Å²) in [5, 5.41) is 0. The minimum atomic E-state index is -0.763. The Balaban J connectivity index is 4.11. The summed E-state index contributed by atoms with van der Waals surface area (Å²) in [6, 6.07) is 0. The fourth-order valence-electron chi connectivity index (χ4n) is 12.0. The van der Waals surface area contributed by atoms with Crippen LogP contribution in [-0.2, 0) is 28.6 Å². The first-order valence-electron chi connectivity index (χ1n) is 37.5. The topological polar surface area (TPSA) is 78.9 Å². The number of ether oxygens (including phenoxy) is 3. The highest BCUT2D eigenvalue weighted by molar-refractivity contribution is 5.71. The van der Waals surface area contributed by atoms with E-state index in [1.54, 1.807) is 0 Å². The number of carbonyl (C=O) groups is 3. The third-order valence-electron chi connectivity index (χ3n) is 17.6. The highest BCUT2D eigenvalue weighted by atomic mass is 16.6. The third kappa shape index (κ3) is 69.1. The molecule has 1 atom stereocenters. The highest BCUT2D eigenvalue weighted by Crippen LogP contribution is 2.20. The number of hydrogen-bond acceptors (Lipinski definition) is 6. The molecular formula is C75H146O6. The van der Waals surface area contributed by atoms with E-state index in [1.807, 2.05) is 0 Å². The number of hydrogen-bond donors (Lipinski definition) is 0. The lowest BCUT2D eigenvalue weighted by Crippen LogP contribution is -2.30. The number of esters is 3. The van der Waals surface area contributed by atoms with E-state index < -0.39 is 6.10 Å². The molecule has 0 aliphatic rings. The van der Waals surface area contributed by atoms with Crippen LogP contribution in [0.5, 0.6) is 0 Å². The van der Waals surface area contributed by atoms with Crippen molar-refractivity contribution in [3.63, 3.8) is 0 Å². The Bertz CT molecular complexity index is 1220. The van der Waals surface area contributed by atoms with E-state index >= 15 is 0 Å². The van der Waals surface area contributed by atoms with Crippen LogP contribution in [0.2, 0.25) is 0 Å². The van der Waals surface area contributed by atoms with Crippen LogP contribution in [-0.4, -0.2) is 37.2 Å². The lowest BCUT2D eigenvalue weighted by atomic mass is 10.0. The Morgan fingerprint density at radius 1 is 0.198 bits per heavy atom. The summed E-state index contributed by atoms with van der Waals surface area (Å²) in [5.74, 6) is -0.818. The van der Waals surface area contributed by atoms with Gasteiger partial charge in [0.25, 0.3) is 0 Å². The van der Waals surface area contributed by atoms with E-state index in [2.05, 4.69) is 20.8 Å². The Morgan fingerprint density at radius 2 is 0.333 bits per heavy atom. The molecule has 0 aliphatic heterocycles. The quantitative estimate of drug-likeness (QED) is 0.0343. The van der Waals surface area contributed by atoms with Crippen LogP contribution in [0.15, 0.2) is 0 Å². The molecule has 0 N–H and O–H groups in total. The van der Waals surface area contributed by atoms with Crippen molar-refractivity contribution >= 4 is 17.9 Å². The average molecular weight is 1140 g/mol. The molecule has 0 bridgehead atoms. The van der Waals surface area contributed by atoms with Crippen LogP contribution < -0.4 is 0 Å². The maximum absolute atomic E-state index is 12.9. The standard InChI is InChI=1S/C75H146O6/c1-4-7-10-13-16-19-22-25-28-30-32-33-34-35-36-37-38-39-40-41-42-43-44-46-47-50-53-56-59-62-65-68-74(77)80-71-72(70-79-73(76)67-64-61-58-55-52-49-27-24-21-18-15-12-9-6-3)81-75(78)69-66-63-60-57-54-51-48-45-31-29-26-23-20-17-14-11-8-5-2/h72H,4-71H2,1-3H3. The van der Waals surface area contributed by atoms with Crippen LogP contribution in [0.1, 0.15) is 445 Å². The van der Waals surface area contributed by atoms with Gasteiger partial charge in [-0.1, -0.05) is 406 Å². The van der Waals surface area contributed by atoms with E-state index in [4.69, 9.17) is 14.2 Å². The molecule has 0 aliphatic carbocycles. The molecule has 0 saturated heterocycles. The van der Waals surface area contributed by atoms with Crippen LogP contribution in [0.4, 0.5) is 0 Å². The minimum Gasteiger partial charge on any atom is -0.462 e. The Morgan fingerprint density at radius 3 is 0.494 bits per heavy atom. The van der Waals surface area contributed by atoms with E-state index in [9.17, 15) is 14.4 Å². The molecule has 0 amide bonds. The van der Waals surface area contributed by atoms with Crippen molar-refractivity contribution in [1.29, 1.82) is 0 Å². The maximum atomic E-state index is 12.9. The van der Waals surface area contributed by atoms with Gasteiger partial charge in [-0.2, -0.15) is 0 Å². The smallest absolute Gasteiger partial charge is 0.306 e. The van der Waals surface area contributed by atoms with Gasteiger partial charge in [-0.15, -0.1) is 0 Å². The molecule has 81 heavy (non-hydrogen) atoms. The highest BCUT2D eigenvalue weighted by Gasteiger charge is 2.20. The summed E-state index contributed by atoms with van der Waals surface area (Å²) in [6.45, 7) is 6.75. The van der Waals surface area contributed by atoms with Crippen LogP contribution in [0.25, 0.3) is 0 Å². The fraction of sp³-hybridized carbons (Fsp3) is 0.960. The largest absolute Gasteiger partial charge is 0.462 e. The van der Waals surface area contributed by atoms with Crippen molar-refractivity contribution in [2.24, 2.45) is 0 Å². The zero-order valence-corrected chi connectivity index (χ0v) is 55.6. The molecular weight excluding hydrogens is 997 g/mol. The van der Waals surface area contributed by atoms with Gasteiger partial charge in [0, 0.05) is 19.3 Å². The van der Waals surface area contributed by atoms with E-state index in [-0.39, 0.29) is 31.1 Å². The zero-order valence-electron chi connectivity index (χ0n) is 55.6. The molecule has 0 aromatic heterocycles. The second kappa shape index (κ2) is 70.9. The van der Waals surface area contributed by atoms with E-state index in [0.29, 0.717) is 19.3 Å². The summed E-state index contributed by atoms with van der Waals surface area (Å²) >= 11 is 0. The molecule has 0 heterocycles. The van der Waals surface area contributed by atoms with Crippen molar-refractivity contribution < 1.29 is 28.6 Å². The van der Waals surface area contributed by atoms with Crippen molar-refractivity contribution in [2.45, 2.75) is 451 Å².